The van der Waals surface area contributed by atoms with Crippen LogP contribution < -0.4 is 5.73 Å². The van der Waals surface area contributed by atoms with Crippen molar-refractivity contribution in [2.24, 2.45) is 5.73 Å². The molecule has 0 saturated carbocycles. The fraction of sp³-hybridized carbons (Fsp3) is 0.417. The Hall–Kier alpha value is -1.55. The summed E-state index contributed by atoms with van der Waals surface area (Å²) < 4.78 is 7.28. The van der Waals surface area contributed by atoms with E-state index in [4.69, 9.17) is 10.2 Å². The van der Waals surface area contributed by atoms with Crippen LogP contribution in [0.2, 0.25) is 0 Å². The molecule has 0 saturated heterocycles. The maximum absolute atomic E-state index is 6.09. The summed E-state index contributed by atoms with van der Waals surface area (Å²) in [5.74, 6) is 0.865. The first-order chi connectivity index (χ1) is 7.70. The Morgan fingerprint density at radius 1 is 1.56 bits per heavy atom. The number of hydrogen-bond acceptors (Lipinski definition) is 3. The minimum Gasteiger partial charge on any atom is -0.467 e. The molecule has 1 atom stereocenters. The Balaban J connectivity index is 2.07. The van der Waals surface area contributed by atoms with E-state index >= 15 is 0 Å². The Labute approximate surface area is 95.1 Å². The summed E-state index contributed by atoms with van der Waals surface area (Å²) in [4.78, 5) is 0. The molecule has 0 bridgehead atoms. The third-order valence-electron chi connectivity index (χ3n) is 2.70. The average Bonchev–Trinajstić information content (AvgIpc) is 2.86. The normalized spacial score (nSPS) is 12.9. The lowest BCUT2D eigenvalue weighted by atomic mass is 10.1. The molecule has 2 N–H and O–H groups in total. The van der Waals surface area contributed by atoms with Crippen LogP contribution in [0.3, 0.4) is 0 Å². The summed E-state index contributed by atoms with van der Waals surface area (Å²) in [6, 6.07) is 1.84. The number of furan rings is 1. The van der Waals surface area contributed by atoms with Gasteiger partial charge in [-0.3, -0.25) is 4.68 Å². The monoisotopic (exact) mass is 219 g/mol. The summed E-state index contributed by atoms with van der Waals surface area (Å²) in [5, 5.41) is 4.22. The second kappa shape index (κ2) is 4.53. The Bertz CT molecular complexity index is 458. The van der Waals surface area contributed by atoms with Gasteiger partial charge in [0.2, 0.25) is 0 Å². The average molecular weight is 219 g/mol. The van der Waals surface area contributed by atoms with Crippen molar-refractivity contribution in [3.63, 3.8) is 0 Å². The van der Waals surface area contributed by atoms with Crippen molar-refractivity contribution >= 4 is 0 Å². The van der Waals surface area contributed by atoms with Gasteiger partial charge in [0.15, 0.2) is 0 Å². The molecule has 0 spiro atoms. The molecule has 2 rings (SSSR count). The Morgan fingerprint density at radius 3 is 2.94 bits per heavy atom. The van der Waals surface area contributed by atoms with E-state index in [1.807, 2.05) is 30.1 Å². The molecular formula is C12H17N3O. The highest BCUT2D eigenvalue weighted by atomic mass is 16.3. The highest BCUT2D eigenvalue weighted by Gasteiger charge is 2.13. The zero-order valence-electron chi connectivity index (χ0n) is 9.68. The van der Waals surface area contributed by atoms with Crippen LogP contribution in [-0.4, -0.2) is 9.78 Å². The van der Waals surface area contributed by atoms with Gasteiger partial charge in [0.05, 0.1) is 18.5 Å². The SMILES string of the molecule is CCn1cc(CC(N)c2occc2C)cn1. The Morgan fingerprint density at radius 2 is 2.38 bits per heavy atom. The summed E-state index contributed by atoms with van der Waals surface area (Å²) in [6.07, 6.45) is 6.33. The number of nitrogens with zero attached hydrogens (tertiary/aromatic N) is 2. The topological polar surface area (TPSA) is 57.0 Å². The van der Waals surface area contributed by atoms with Gasteiger partial charge in [-0.05, 0) is 37.5 Å². The van der Waals surface area contributed by atoms with Crippen molar-refractivity contribution in [1.82, 2.24) is 9.78 Å². The molecule has 0 amide bonds. The number of aromatic nitrogens is 2. The molecule has 0 radical (unpaired) electrons. The lowest BCUT2D eigenvalue weighted by Crippen LogP contribution is -2.13. The van der Waals surface area contributed by atoms with E-state index in [-0.39, 0.29) is 6.04 Å². The van der Waals surface area contributed by atoms with Crippen LogP contribution in [0.25, 0.3) is 0 Å². The highest BCUT2D eigenvalue weighted by Crippen LogP contribution is 2.20. The first kappa shape index (κ1) is 11.0. The molecule has 86 valence electrons. The summed E-state index contributed by atoms with van der Waals surface area (Å²) >= 11 is 0. The molecule has 4 nitrogen and oxygen atoms in total. The molecule has 16 heavy (non-hydrogen) atoms. The molecule has 4 heteroatoms. The van der Waals surface area contributed by atoms with Crippen molar-refractivity contribution < 1.29 is 4.42 Å². The van der Waals surface area contributed by atoms with Gasteiger partial charge in [0, 0.05) is 12.7 Å². The molecule has 1 unspecified atom stereocenters. The minimum atomic E-state index is -0.0930. The zero-order valence-corrected chi connectivity index (χ0v) is 9.68. The summed E-state index contributed by atoms with van der Waals surface area (Å²) in [5.41, 5.74) is 8.34. The third kappa shape index (κ3) is 2.17. The largest absolute Gasteiger partial charge is 0.467 e. The maximum Gasteiger partial charge on any atom is 0.123 e. The van der Waals surface area contributed by atoms with E-state index < -0.39 is 0 Å². The second-order valence-corrected chi connectivity index (χ2v) is 3.98. The fourth-order valence-corrected chi connectivity index (χ4v) is 1.80. The van der Waals surface area contributed by atoms with E-state index in [1.54, 1.807) is 6.26 Å². The van der Waals surface area contributed by atoms with Gasteiger partial charge in [0.1, 0.15) is 5.76 Å². The third-order valence-corrected chi connectivity index (χ3v) is 2.70. The van der Waals surface area contributed by atoms with Crippen LogP contribution in [0.4, 0.5) is 0 Å². The van der Waals surface area contributed by atoms with E-state index in [9.17, 15) is 0 Å². The van der Waals surface area contributed by atoms with Crippen molar-refractivity contribution in [3.8, 4) is 0 Å². The van der Waals surface area contributed by atoms with Crippen molar-refractivity contribution in [1.29, 1.82) is 0 Å². The van der Waals surface area contributed by atoms with Gasteiger partial charge in [0.25, 0.3) is 0 Å². The molecule has 0 aliphatic rings. The summed E-state index contributed by atoms with van der Waals surface area (Å²) in [6.45, 7) is 4.95. The fourth-order valence-electron chi connectivity index (χ4n) is 1.80. The van der Waals surface area contributed by atoms with Gasteiger partial charge in [-0.1, -0.05) is 0 Å². The molecule has 2 aromatic heterocycles. The minimum absolute atomic E-state index is 0.0930. The maximum atomic E-state index is 6.09. The number of hydrogen-bond donors (Lipinski definition) is 1. The van der Waals surface area contributed by atoms with E-state index in [0.29, 0.717) is 0 Å². The number of nitrogens with two attached hydrogens (primary N) is 1. The quantitative estimate of drug-likeness (QED) is 0.856. The van der Waals surface area contributed by atoms with Crippen LogP contribution in [0.5, 0.6) is 0 Å². The predicted octanol–water partition coefficient (Wildman–Crippen LogP) is 2.05. The van der Waals surface area contributed by atoms with Crippen LogP contribution in [-0.2, 0) is 13.0 Å². The zero-order chi connectivity index (χ0) is 11.5. The van der Waals surface area contributed by atoms with Crippen molar-refractivity contribution in [2.75, 3.05) is 0 Å². The highest BCUT2D eigenvalue weighted by molar-refractivity contribution is 5.20. The van der Waals surface area contributed by atoms with Crippen LogP contribution >= 0.6 is 0 Å². The van der Waals surface area contributed by atoms with Crippen LogP contribution in [0.1, 0.15) is 29.9 Å². The van der Waals surface area contributed by atoms with E-state index in [1.165, 1.54) is 0 Å². The first-order valence-electron chi connectivity index (χ1n) is 5.51. The smallest absolute Gasteiger partial charge is 0.123 e. The van der Waals surface area contributed by atoms with Gasteiger partial charge < -0.3 is 10.2 Å². The molecular weight excluding hydrogens is 202 g/mol. The lowest BCUT2D eigenvalue weighted by Gasteiger charge is -2.08. The number of aryl methyl sites for hydroxylation is 2. The van der Waals surface area contributed by atoms with Gasteiger partial charge in [-0.15, -0.1) is 0 Å². The molecule has 0 aliphatic heterocycles. The first-order valence-corrected chi connectivity index (χ1v) is 5.51. The van der Waals surface area contributed by atoms with Gasteiger partial charge >= 0.3 is 0 Å². The molecule has 0 aromatic carbocycles. The van der Waals surface area contributed by atoms with Gasteiger partial charge in [-0.25, -0.2) is 0 Å². The van der Waals surface area contributed by atoms with Crippen molar-refractivity contribution in [2.45, 2.75) is 32.9 Å². The standard InChI is InChI=1S/C12H17N3O/c1-3-15-8-10(7-14-15)6-11(13)12-9(2)4-5-16-12/h4-5,7-8,11H,3,6,13H2,1-2H3. The van der Waals surface area contributed by atoms with Crippen LogP contribution in [0.15, 0.2) is 29.1 Å². The lowest BCUT2D eigenvalue weighted by molar-refractivity contribution is 0.461. The number of rotatable bonds is 4. The van der Waals surface area contributed by atoms with E-state index in [0.717, 1.165) is 29.9 Å². The van der Waals surface area contributed by atoms with E-state index in [2.05, 4.69) is 12.0 Å². The summed E-state index contributed by atoms with van der Waals surface area (Å²) in [7, 11) is 0. The molecule has 2 heterocycles. The van der Waals surface area contributed by atoms with Gasteiger partial charge in [-0.2, -0.15) is 5.10 Å². The van der Waals surface area contributed by atoms with Crippen LogP contribution in [0, 0.1) is 6.92 Å². The Kier molecular flexibility index (Phi) is 3.10. The molecule has 2 aromatic rings. The second-order valence-electron chi connectivity index (χ2n) is 3.98. The molecule has 0 aliphatic carbocycles. The molecule has 0 fully saturated rings. The predicted molar refractivity (Wildman–Crippen MR) is 62.0 cm³/mol. The van der Waals surface area contributed by atoms with Crippen molar-refractivity contribution in [3.05, 3.63) is 41.6 Å².